The van der Waals surface area contributed by atoms with E-state index in [1.165, 1.54) is 7.11 Å². The van der Waals surface area contributed by atoms with E-state index in [1.54, 1.807) is 16.7 Å². The third-order valence-electron chi connectivity index (χ3n) is 7.22. The minimum Gasteiger partial charge on any atom is -0.465 e. The van der Waals surface area contributed by atoms with Crippen LogP contribution < -0.4 is 15.8 Å². The van der Waals surface area contributed by atoms with Crippen LogP contribution in [0.3, 0.4) is 0 Å². The molecule has 4 rings (SSSR count). The number of aryl methyl sites for hydroxylation is 1. The lowest BCUT2D eigenvalue weighted by Gasteiger charge is -2.37. The average Bonchev–Trinajstić information content (AvgIpc) is 2.90. The van der Waals surface area contributed by atoms with E-state index in [4.69, 9.17) is 4.74 Å². The number of carbonyl (C=O) groups is 2. The van der Waals surface area contributed by atoms with Crippen LogP contribution >= 0.6 is 0 Å². The SMILES string of the molecule is COC(=O)c1ccccc1NC(C)c1cc(C)cc2c(=O)n(C)c(N3CCN(C(=O)CC(C)C)CC3)cc12. The van der Waals surface area contributed by atoms with Gasteiger partial charge in [0.05, 0.1) is 12.7 Å². The number of anilines is 2. The third-order valence-corrected chi connectivity index (χ3v) is 7.22. The molecule has 0 spiro atoms. The quantitative estimate of drug-likeness (QED) is 0.464. The summed E-state index contributed by atoms with van der Waals surface area (Å²) in [6.45, 7) is 10.7. The highest BCUT2D eigenvalue weighted by Crippen LogP contribution is 2.31. The van der Waals surface area contributed by atoms with Crippen LogP contribution in [0.1, 0.15) is 54.7 Å². The molecule has 0 bridgehead atoms. The number of esters is 1. The lowest BCUT2D eigenvalue weighted by molar-refractivity contribution is -0.132. The molecule has 202 valence electrons. The number of fused-ring (bicyclic) bond motifs is 1. The number of methoxy groups -OCH3 is 1. The van der Waals surface area contributed by atoms with Crippen molar-refractivity contribution in [3.05, 3.63) is 69.5 Å². The van der Waals surface area contributed by atoms with Gasteiger partial charge in [-0.1, -0.05) is 32.0 Å². The number of pyridine rings is 1. The van der Waals surface area contributed by atoms with Gasteiger partial charge in [-0.25, -0.2) is 4.79 Å². The summed E-state index contributed by atoms with van der Waals surface area (Å²) in [7, 11) is 3.18. The van der Waals surface area contributed by atoms with Gasteiger partial charge in [-0.2, -0.15) is 0 Å². The van der Waals surface area contributed by atoms with Gasteiger partial charge in [0.1, 0.15) is 5.82 Å². The van der Waals surface area contributed by atoms with Crippen molar-refractivity contribution in [2.45, 2.75) is 40.2 Å². The fourth-order valence-electron chi connectivity index (χ4n) is 5.21. The molecule has 1 aliphatic heterocycles. The number of hydrogen-bond donors (Lipinski definition) is 1. The number of benzene rings is 2. The summed E-state index contributed by atoms with van der Waals surface area (Å²) in [5.41, 5.74) is 3.05. The van der Waals surface area contributed by atoms with E-state index >= 15 is 0 Å². The molecule has 0 radical (unpaired) electrons. The number of para-hydroxylation sites is 1. The molecule has 1 aliphatic rings. The fourth-order valence-corrected chi connectivity index (χ4v) is 5.21. The summed E-state index contributed by atoms with van der Waals surface area (Å²) in [5.74, 6) is 0.957. The monoisotopic (exact) mass is 518 g/mol. The summed E-state index contributed by atoms with van der Waals surface area (Å²) in [6, 6.07) is 13.2. The Balaban J connectivity index is 1.68. The van der Waals surface area contributed by atoms with Crippen molar-refractivity contribution in [3.63, 3.8) is 0 Å². The zero-order valence-electron chi connectivity index (χ0n) is 23.2. The highest BCUT2D eigenvalue weighted by Gasteiger charge is 2.24. The van der Waals surface area contributed by atoms with E-state index in [-0.39, 0.29) is 17.5 Å². The second-order valence-electron chi connectivity index (χ2n) is 10.6. The van der Waals surface area contributed by atoms with Crippen LogP contribution in [0.15, 0.2) is 47.3 Å². The summed E-state index contributed by atoms with van der Waals surface area (Å²) in [6.07, 6.45) is 0.557. The first-order valence-corrected chi connectivity index (χ1v) is 13.2. The molecule has 1 fully saturated rings. The van der Waals surface area contributed by atoms with Crippen molar-refractivity contribution < 1.29 is 14.3 Å². The number of ether oxygens (including phenoxy) is 1. The Morgan fingerprint density at radius 2 is 1.68 bits per heavy atom. The number of nitrogens with zero attached hydrogens (tertiary/aromatic N) is 3. The molecule has 2 heterocycles. The Morgan fingerprint density at radius 1 is 1.00 bits per heavy atom. The van der Waals surface area contributed by atoms with Gasteiger partial charge in [-0.15, -0.1) is 0 Å². The number of rotatable bonds is 7. The molecule has 1 unspecified atom stereocenters. The largest absolute Gasteiger partial charge is 0.465 e. The molecular formula is C30H38N4O4. The van der Waals surface area contributed by atoms with E-state index in [0.717, 1.165) is 22.3 Å². The Labute approximate surface area is 224 Å². The predicted octanol–water partition coefficient (Wildman–Crippen LogP) is 4.50. The molecule has 0 saturated carbocycles. The van der Waals surface area contributed by atoms with E-state index in [0.29, 0.717) is 55.2 Å². The van der Waals surface area contributed by atoms with Crippen LogP contribution in [0.2, 0.25) is 0 Å². The summed E-state index contributed by atoms with van der Waals surface area (Å²) in [5, 5.41) is 5.00. The highest BCUT2D eigenvalue weighted by molar-refractivity contribution is 5.96. The van der Waals surface area contributed by atoms with Crippen LogP contribution in [-0.2, 0) is 16.6 Å². The van der Waals surface area contributed by atoms with Crippen LogP contribution in [0.25, 0.3) is 10.8 Å². The normalized spacial score (nSPS) is 14.6. The minimum absolute atomic E-state index is 0.0528. The van der Waals surface area contributed by atoms with Crippen molar-refractivity contribution in [2.24, 2.45) is 13.0 Å². The number of piperazine rings is 1. The van der Waals surface area contributed by atoms with Gasteiger partial charge in [-0.05, 0) is 60.5 Å². The first-order valence-electron chi connectivity index (χ1n) is 13.2. The molecule has 1 N–H and O–H groups in total. The van der Waals surface area contributed by atoms with Crippen molar-refractivity contribution in [3.8, 4) is 0 Å². The van der Waals surface area contributed by atoms with Gasteiger partial charge < -0.3 is 19.9 Å². The maximum absolute atomic E-state index is 13.5. The second-order valence-corrected chi connectivity index (χ2v) is 10.6. The fraction of sp³-hybridized carbons (Fsp3) is 0.433. The van der Waals surface area contributed by atoms with Gasteiger partial charge in [0.25, 0.3) is 5.56 Å². The van der Waals surface area contributed by atoms with Crippen molar-refractivity contribution in [1.29, 1.82) is 0 Å². The van der Waals surface area contributed by atoms with E-state index < -0.39 is 5.97 Å². The molecule has 1 saturated heterocycles. The first kappa shape index (κ1) is 27.2. The van der Waals surface area contributed by atoms with E-state index in [1.807, 2.05) is 44.0 Å². The smallest absolute Gasteiger partial charge is 0.339 e. The first-order chi connectivity index (χ1) is 18.1. The molecular weight excluding hydrogens is 480 g/mol. The van der Waals surface area contributed by atoms with Crippen LogP contribution in [0.4, 0.5) is 11.5 Å². The maximum atomic E-state index is 13.5. The molecule has 8 heteroatoms. The molecule has 1 amide bonds. The number of hydrogen-bond acceptors (Lipinski definition) is 6. The number of nitrogens with one attached hydrogen (secondary N) is 1. The zero-order chi connectivity index (χ0) is 27.6. The van der Waals surface area contributed by atoms with Gasteiger partial charge in [0.2, 0.25) is 5.91 Å². The third kappa shape index (κ3) is 5.54. The van der Waals surface area contributed by atoms with Crippen molar-refractivity contribution >= 4 is 34.2 Å². The number of aromatic nitrogens is 1. The Bertz CT molecular complexity index is 1400. The van der Waals surface area contributed by atoms with Gasteiger partial charge in [0.15, 0.2) is 0 Å². The Hall–Kier alpha value is -3.81. The highest BCUT2D eigenvalue weighted by atomic mass is 16.5. The summed E-state index contributed by atoms with van der Waals surface area (Å²) >= 11 is 0. The predicted molar refractivity (Wildman–Crippen MR) is 152 cm³/mol. The molecule has 1 atom stereocenters. The zero-order valence-corrected chi connectivity index (χ0v) is 23.2. The minimum atomic E-state index is -0.406. The van der Waals surface area contributed by atoms with Gasteiger partial charge in [0, 0.05) is 56.8 Å². The standard InChI is InChI=1S/C30H38N4O4/c1-19(2)15-28(35)34-13-11-33(12-14-34)27-18-24-23(16-20(3)17-25(24)29(36)32(27)5)21(4)31-26-10-8-7-9-22(26)30(37)38-6/h7-10,16-19,21,31H,11-15H2,1-6H3. The maximum Gasteiger partial charge on any atom is 0.339 e. The number of carbonyl (C=O) groups excluding carboxylic acids is 2. The van der Waals surface area contributed by atoms with Gasteiger partial charge in [-0.3, -0.25) is 14.2 Å². The second kappa shape index (κ2) is 11.3. The molecule has 1 aromatic heterocycles. The summed E-state index contributed by atoms with van der Waals surface area (Å²) < 4.78 is 6.66. The Kier molecular flexibility index (Phi) is 8.09. The average molecular weight is 519 g/mol. The number of amides is 1. The topological polar surface area (TPSA) is 83.9 Å². The lowest BCUT2D eigenvalue weighted by Crippen LogP contribution is -2.50. The molecule has 8 nitrogen and oxygen atoms in total. The van der Waals surface area contributed by atoms with Crippen LogP contribution in [-0.4, -0.2) is 54.6 Å². The summed E-state index contributed by atoms with van der Waals surface area (Å²) in [4.78, 5) is 42.5. The van der Waals surface area contributed by atoms with Crippen molar-refractivity contribution in [2.75, 3.05) is 43.5 Å². The molecule has 38 heavy (non-hydrogen) atoms. The molecule has 0 aliphatic carbocycles. The Morgan fingerprint density at radius 3 is 2.34 bits per heavy atom. The lowest BCUT2D eigenvalue weighted by atomic mass is 9.97. The van der Waals surface area contributed by atoms with E-state index in [2.05, 4.69) is 36.2 Å². The van der Waals surface area contributed by atoms with Crippen LogP contribution in [0.5, 0.6) is 0 Å². The molecule has 2 aromatic carbocycles. The molecule has 3 aromatic rings. The van der Waals surface area contributed by atoms with E-state index in [9.17, 15) is 14.4 Å². The van der Waals surface area contributed by atoms with Crippen molar-refractivity contribution in [1.82, 2.24) is 9.47 Å². The van der Waals surface area contributed by atoms with Crippen LogP contribution in [0, 0.1) is 12.8 Å². The van der Waals surface area contributed by atoms with Gasteiger partial charge >= 0.3 is 5.97 Å².